The summed E-state index contributed by atoms with van der Waals surface area (Å²) in [6, 6.07) is 9.06. The number of rotatable bonds is 4. The quantitative estimate of drug-likeness (QED) is 0.182. The number of ketones is 1. The van der Waals surface area contributed by atoms with E-state index in [4.69, 9.17) is 44.3 Å². The number of carbonyl (C=O) groups excluding carboxylic acids is 3. The van der Waals surface area contributed by atoms with E-state index in [1.165, 1.54) is 13.8 Å². The van der Waals surface area contributed by atoms with E-state index in [1.807, 2.05) is 37.3 Å². The fourth-order valence-corrected chi connectivity index (χ4v) is 9.61. The molecule has 14 atom stereocenters. The Bertz CT molecular complexity index is 1320. The van der Waals surface area contributed by atoms with E-state index in [0.29, 0.717) is 6.42 Å². The number of hydrogen-bond donors (Lipinski definition) is 5. The topological polar surface area (TPSA) is 166 Å². The molecular formula is C31H40Cl3NO9. The molecule has 244 valence electrons. The van der Waals surface area contributed by atoms with Gasteiger partial charge in [0, 0.05) is 30.7 Å². The minimum atomic E-state index is -2.17. The zero-order chi connectivity index (χ0) is 32.7. The Hall–Kier alpha value is -1.50. The number of ether oxygens (including phenoxy) is 2. The molecule has 10 nitrogen and oxygen atoms in total. The molecule has 5 fully saturated rings. The molecule has 2 saturated heterocycles. The predicted molar refractivity (Wildman–Crippen MR) is 161 cm³/mol. The van der Waals surface area contributed by atoms with E-state index in [2.05, 4.69) is 5.32 Å². The molecule has 1 spiro atoms. The maximum Gasteiger partial charge on any atom is 0.302 e. The van der Waals surface area contributed by atoms with Crippen molar-refractivity contribution in [1.82, 2.24) is 5.32 Å². The van der Waals surface area contributed by atoms with Gasteiger partial charge in [-0.05, 0) is 51.0 Å². The lowest BCUT2D eigenvalue weighted by Crippen LogP contribution is -2.78. The highest BCUT2D eigenvalue weighted by Crippen LogP contribution is 2.74. The van der Waals surface area contributed by atoms with Crippen molar-refractivity contribution in [3.05, 3.63) is 35.9 Å². The smallest absolute Gasteiger partial charge is 0.302 e. The first-order chi connectivity index (χ1) is 20.4. The molecule has 1 aromatic carbocycles. The van der Waals surface area contributed by atoms with Gasteiger partial charge in [0.15, 0.2) is 15.7 Å². The van der Waals surface area contributed by atoms with E-state index in [0.717, 1.165) is 5.56 Å². The van der Waals surface area contributed by atoms with Crippen LogP contribution in [0.1, 0.15) is 46.6 Å². The summed E-state index contributed by atoms with van der Waals surface area (Å²) in [7, 11) is 0. The summed E-state index contributed by atoms with van der Waals surface area (Å²) in [4.78, 5) is 39.8. The van der Waals surface area contributed by atoms with Crippen LogP contribution in [0.15, 0.2) is 30.3 Å². The molecule has 3 saturated carbocycles. The van der Waals surface area contributed by atoms with Crippen LogP contribution in [-0.4, -0.2) is 89.6 Å². The fraction of sp³-hybridized carbons (Fsp3) is 0.710. The molecular weight excluding hydrogens is 637 g/mol. The van der Waals surface area contributed by atoms with Gasteiger partial charge in [-0.3, -0.25) is 14.4 Å². The second kappa shape index (κ2) is 11.3. The molecule has 2 aliphatic heterocycles. The maximum atomic E-state index is 14.4. The second-order valence-corrected chi connectivity index (χ2v) is 15.4. The average molecular weight is 677 g/mol. The molecule has 44 heavy (non-hydrogen) atoms. The Labute approximate surface area is 271 Å². The van der Waals surface area contributed by atoms with Crippen LogP contribution < -0.4 is 5.32 Å². The van der Waals surface area contributed by atoms with Crippen molar-refractivity contribution in [2.24, 2.45) is 35.0 Å². The highest BCUT2D eigenvalue weighted by Gasteiger charge is 2.89. The van der Waals surface area contributed by atoms with Crippen LogP contribution in [0.5, 0.6) is 0 Å². The third-order valence-electron chi connectivity index (χ3n) is 11.5. The largest absolute Gasteiger partial charge is 0.461 e. The molecule has 1 aromatic rings. The molecule has 1 amide bonds. The highest BCUT2D eigenvalue weighted by molar-refractivity contribution is 6.63. The third-order valence-corrected chi connectivity index (χ3v) is 11.5. The summed E-state index contributed by atoms with van der Waals surface area (Å²) in [6.45, 7) is 7.61. The van der Waals surface area contributed by atoms with Crippen molar-refractivity contribution in [3.63, 3.8) is 0 Å². The fourth-order valence-electron chi connectivity index (χ4n) is 9.61. The Morgan fingerprint density at radius 3 is 2.20 bits per heavy atom. The van der Waals surface area contributed by atoms with E-state index < -0.39 is 104 Å². The Morgan fingerprint density at radius 1 is 1.07 bits per heavy atom. The number of aliphatic hydroxyl groups excluding tert-OH is 3. The monoisotopic (exact) mass is 675 g/mol. The van der Waals surface area contributed by atoms with Gasteiger partial charge in [-0.15, -0.1) is 0 Å². The molecule has 0 unspecified atom stereocenters. The lowest BCUT2D eigenvalue weighted by molar-refractivity contribution is -0.278. The zero-order valence-corrected chi connectivity index (χ0v) is 27.4. The van der Waals surface area contributed by atoms with Gasteiger partial charge in [-0.25, -0.2) is 0 Å². The normalized spacial score (nSPS) is 48.4. The molecule has 2 heterocycles. The van der Waals surface area contributed by atoms with Crippen molar-refractivity contribution in [2.45, 2.75) is 99.0 Å². The maximum absolute atomic E-state index is 14.4. The molecule has 13 heteroatoms. The van der Waals surface area contributed by atoms with E-state index in [1.54, 1.807) is 13.8 Å². The molecule has 6 rings (SSSR count). The first-order valence-electron chi connectivity index (χ1n) is 14.8. The van der Waals surface area contributed by atoms with Gasteiger partial charge in [0.1, 0.15) is 22.7 Å². The number of nitrogens with one attached hydrogen (secondary N) is 1. The number of alkyl halides is 3. The van der Waals surface area contributed by atoms with Crippen molar-refractivity contribution in [1.29, 1.82) is 0 Å². The summed E-state index contributed by atoms with van der Waals surface area (Å²) in [5, 5.41) is 50.2. The van der Waals surface area contributed by atoms with Crippen LogP contribution >= 0.6 is 34.8 Å². The lowest BCUT2D eigenvalue weighted by Gasteiger charge is -2.64. The summed E-state index contributed by atoms with van der Waals surface area (Å²) in [6.07, 6.45) is -5.13. The van der Waals surface area contributed by atoms with Crippen molar-refractivity contribution in [2.75, 3.05) is 0 Å². The van der Waals surface area contributed by atoms with Gasteiger partial charge in [0.2, 0.25) is 5.91 Å². The van der Waals surface area contributed by atoms with Gasteiger partial charge in [0.05, 0.1) is 18.3 Å². The summed E-state index contributed by atoms with van der Waals surface area (Å²) < 4.78 is 11.5. The Morgan fingerprint density at radius 2 is 1.66 bits per heavy atom. The van der Waals surface area contributed by atoms with Gasteiger partial charge in [-0.2, -0.15) is 0 Å². The highest BCUT2D eigenvalue weighted by atomic mass is 35.6. The van der Waals surface area contributed by atoms with Crippen LogP contribution in [0.4, 0.5) is 0 Å². The van der Waals surface area contributed by atoms with Crippen LogP contribution in [0.2, 0.25) is 0 Å². The first kappa shape index (κ1) is 33.9. The van der Waals surface area contributed by atoms with Gasteiger partial charge < -0.3 is 35.2 Å². The van der Waals surface area contributed by atoms with Crippen molar-refractivity contribution >= 4 is 52.5 Å². The molecule has 0 bridgehead atoms. The third kappa shape index (κ3) is 4.58. The number of fused-ring (bicyclic) bond motifs is 3. The molecule has 0 aromatic heterocycles. The van der Waals surface area contributed by atoms with Gasteiger partial charge in [0.25, 0.3) is 0 Å². The van der Waals surface area contributed by atoms with E-state index in [9.17, 15) is 34.8 Å². The number of carbonyl (C=O) groups is 3. The van der Waals surface area contributed by atoms with Crippen molar-refractivity contribution in [3.8, 4) is 0 Å². The van der Waals surface area contributed by atoms with Crippen LogP contribution in [0, 0.1) is 35.0 Å². The number of Topliss-reactive ketones (excluding diaryl/α,β-unsaturated/α-hetero) is 1. The number of benzene rings is 1. The minimum Gasteiger partial charge on any atom is -0.461 e. The zero-order valence-electron chi connectivity index (χ0n) is 25.1. The molecule has 5 aliphatic rings. The summed E-state index contributed by atoms with van der Waals surface area (Å²) in [5.74, 6) is -6.30. The van der Waals surface area contributed by atoms with Crippen LogP contribution in [-0.2, 0) is 30.3 Å². The number of amides is 1. The average Bonchev–Trinajstić information content (AvgIpc) is 3.39. The number of esters is 1. The van der Waals surface area contributed by atoms with Gasteiger partial charge >= 0.3 is 5.97 Å². The van der Waals surface area contributed by atoms with Crippen LogP contribution in [0.3, 0.4) is 0 Å². The molecule has 3 aliphatic carbocycles. The predicted octanol–water partition coefficient (Wildman–Crippen LogP) is 2.11. The molecule has 5 N–H and O–H groups in total. The Balaban J connectivity index is 0.000000906. The Kier molecular flexibility index (Phi) is 8.72. The van der Waals surface area contributed by atoms with Crippen LogP contribution in [0.25, 0.3) is 0 Å². The van der Waals surface area contributed by atoms with Crippen molar-refractivity contribution < 1.29 is 44.3 Å². The second-order valence-electron chi connectivity index (χ2n) is 13.4. The number of epoxide rings is 1. The number of hydrogen-bond acceptors (Lipinski definition) is 9. The first-order valence-corrected chi connectivity index (χ1v) is 16.1. The SMILES string of the molecule is CC(=O)O[C@@H]1[C@H]2[C@@H](C[C@H](C)[C@@](O)(C(C)=O)[C@@H]2O)[C@H](O)[C@H]2[C@H](O)[C@]3(C)O[C@]3(C)[C@H]3[C@H](Cc4ccccc4)NC(=O)[C@]213.ClC(Cl)Cl. The van der Waals surface area contributed by atoms with E-state index >= 15 is 0 Å². The summed E-state index contributed by atoms with van der Waals surface area (Å²) >= 11 is 14.4. The number of aliphatic hydroxyl groups is 4. The van der Waals surface area contributed by atoms with Gasteiger partial charge in [-0.1, -0.05) is 72.1 Å². The standard InChI is InChI=1S/C30H39NO9.CHCl3/c1-13-11-17-19(23(35)30(13,38)14(2)32)25(39-15(3)33)29-20(21(17)34)24(36)28(5)27(4,40-28)22(29)18(31-26(29)37)12-16-9-7-6-8-10-16;2-1(3)4/h6-10,13,17-25,34-36,38H,11-12H2,1-5H3,(H,31,37);1H/t13-,17+,18-,19-,20-,21-,22+,23+,24-,25+,27+,28-,29-,30+;/m0./s1. The van der Waals surface area contributed by atoms with E-state index in [-0.39, 0.29) is 6.42 Å². The molecule has 0 radical (unpaired) electrons. The number of halogens is 3. The summed E-state index contributed by atoms with van der Waals surface area (Å²) in [5.41, 5.74) is -5.01. The lowest BCUT2D eigenvalue weighted by atomic mass is 9.41. The minimum absolute atomic E-state index is 0.116.